The minimum atomic E-state index is -5.08. The molecule has 2 N–H and O–H groups in total. The van der Waals surface area contributed by atoms with Crippen molar-refractivity contribution < 1.29 is 55.6 Å². The van der Waals surface area contributed by atoms with E-state index >= 15 is 0 Å². The molecule has 36 heavy (non-hydrogen) atoms. The van der Waals surface area contributed by atoms with Gasteiger partial charge in [0.1, 0.15) is 0 Å². The van der Waals surface area contributed by atoms with Gasteiger partial charge in [-0.3, -0.25) is 9.88 Å². The summed E-state index contributed by atoms with van der Waals surface area (Å²) in [6, 6.07) is 4.20. The molecule has 14 heteroatoms. The number of carbonyl (C=O) groups is 2. The van der Waals surface area contributed by atoms with E-state index in [1.165, 1.54) is 24.8 Å². The zero-order valence-corrected chi connectivity index (χ0v) is 19.2. The zero-order valence-electron chi connectivity index (χ0n) is 19.2. The lowest BCUT2D eigenvalue weighted by atomic mass is 9.79. The lowest BCUT2D eigenvalue weighted by Gasteiger charge is -2.50. The van der Waals surface area contributed by atoms with Crippen molar-refractivity contribution in [2.75, 3.05) is 32.9 Å². The molecule has 3 heterocycles. The average Bonchev–Trinajstić information content (AvgIpc) is 3.49. The molecule has 1 unspecified atom stereocenters. The number of ether oxygens (including phenoxy) is 2. The van der Waals surface area contributed by atoms with Gasteiger partial charge >= 0.3 is 24.3 Å². The van der Waals surface area contributed by atoms with Gasteiger partial charge in [-0.25, -0.2) is 9.59 Å². The standard InChI is InChI=1S/C18H26N2O2.2C2HF3O2/c1-2-16(1)12-21-9-5-17-6-10-22-18(17)13-20(14-18)11-15-3-7-19-8-4-15;2*3-2(4,5)1(6)7/h3-4,7-8,16-17H,1-2,5-6,9-14H2;2*(H,6,7). The maximum absolute atomic E-state index is 10.6. The summed E-state index contributed by atoms with van der Waals surface area (Å²) in [5.74, 6) is -3.96. The SMILES string of the molecule is O=C(O)C(F)(F)F.O=C(O)C(F)(F)F.c1cc(CN2CC3(C2)OCCC3CCOCC2CC2)ccn1. The van der Waals surface area contributed by atoms with E-state index in [2.05, 4.69) is 22.0 Å². The van der Waals surface area contributed by atoms with Gasteiger partial charge in [-0.15, -0.1) is 0 Å². The first kappa shape index (κ1) is 29.8. The van der Waals surface area contributed by atoms with Crippen molar-refractivity contribution in [3.05, 3.63) is 30.1 Å². The third-order valence-electron chi connectivity index (χ3n) is 5.88. The van der Waals surface area contributed by atoms with Crippen LogP contribution in [0.15, 0.2) is 24.5 Å². The van der Waals surface area contributed by atoms with Gasteiger partial charge in [0.05, 0.1) is 5.60 Å². The van der Waals surface area contributed by atoms with Crippen LogP contribution in [0.1, 0.15) is 31.2 Å². The highest BCUT2D eigenvalue weighted by molar-refractivity contribution is 5.73. The summed E-state index contributed by atoms with van der Waals surface area (Å²) in [6.45, 7) is 5.98. The van der Waals surface area contributed by atoms with Crippen LogP contribution < -0.4 is 0 Å². The van der Waals surface area contributed by atoms with E-state index < -0.39 is 24.3 Å². The lowest BCUT2D eigenvalue weighted by molar-refractivity contribution is -0.193. The van der Waals surface area contributed by atoms with E-state index in [-0.39, 0.29) is 5.60 Å². The molecule has 2 aliphatic heterocycles. The van der Waals surface area contributed by atoms with Gasteiger partial charge < -0.3 is 19.7 Å². The number of hydrogen-bond donors (Lipinski definition) is 2. The van der Waals surface area contributed by atoms with Crippen LogP contribution in [0.25, 0.3) is 0 Å². The molecular weight excluding hydrogens is 502 g/mol. The van der Waals surface area contributed by atoms with Gasteiger partial charge in [0, 0.05) is 51.8 Å². The summed E-state index contributed by atoms with van der Waals surface area (Å²) < 4.78 is 75.4. The molecule has 0 amide bonds. The van der Waals surface area contributed by atoms with Crippen molar-refractivity contribution in [2.45, 2.75) is 50.2 Å². The number of aliphatic carboxylic acids is 2. The molecule has 1 saturated carbocycles. The normalized spacial score (nSPS) is 21.0. The monoisotopic (exact) mass is 530 g/mol. The van der Waals surface area contributed by atoms with Crippen molar-refractivity contribution in [3.8, 4) is 0 Å². The Hall–Kier alpha value is -2.45. The molecule has 1 atom stereocenters. The van der Waals surface area contributed by atoms with E-state index in [1.54, 1.807) is 0 Å². The van der Waals surface area contributed by atoms with Crippen molar-refractivity contribution in [1.82, 2.24) is 9.88 Å². The molecule has 4 rings (SSSR count). The average molecular weight is 530 g/mol. The first-order valence-corrected chi connectivity index (χ1v) is 11.2. The van der Waals surface area contributed by atoms with Crippen molar-refractivity contribution in [3.63, 3.8) is 0 Å². The second-order valence-electron chi connectivity index (χ2n) is 8.81. The second kappa shape index (κ2) is 12.7. The summed E-state index contributed by atoms with van der Waals surface area (Å²) in [5.41, 5.74) is 1.46. The van der Waals surface area contributed by atoms with Crippen LogP contribution in [-0.2, 0) is 25.6 Å². The first-order chi connectivity index (χ1) is 16.7. The number of carboxylic acid groups (broad SMARTS) is 2. The van der Waals surface area contributed by atoms with Crippen LogP contribution in [0, 0.1) is 11.8 Å². The van der Waals surface area contributed by atoms with Gasteiger partial charge in [-0.2, -0.15) is 26.3 Å². The van der Waals surface area contributed by atoms with Crippen molar-refractivity contribution >= 4 is 11.9 Å². The van der Waals surface area contributed by atoms with Crippen LogP contribution in [0.4, 0.5) is 26.3 Å². The Balaban J connectivity index is 0.000000271. The number of likely N-dealkylation sites (tertiary alicyclic amines) is 1. The quantitative estimate of drug-likeness (QED) is 0.405. The molecule has 1 aliphatic carbocycles. The molecular formula is C22H28F6N2O6. The predicted octanol–water partition coefficient (Wildman–Crippen LogP) is 3.76. The molecule has 0 aromatic carbocycles. The van der Waals surface area contributed by atoms with Crippen LogP contribution in [0.5, 0.6) is 0 Å². The number of rotatable bonds is 7. The summed E-state index contributed by atoms with van der Waals surface area (Å²) in [5, 5.41) is 14.2. The number of pyridine rings is 1. The molecule has 204 valence electrons. The number of halogens is 6. The highest BCUT2D eigenvalue weighted by atomic mass is 19.4. The fourth-order valence-corrected chi connectivity index (χ4v) is 3.87. The topological polar surface area (TPSA) is 109 Å². The number of carboxylic acids is 2. The number of nitrogens with zero attached hydrogens (tertiary/aromatic N) is 2. The van der Waals surface area contributed by atoms with Gasteiger partial charge in [0.2, 0.25) is 0 Å². The summed E-state index contributed by atoms with van der Waals surface area (Å²) in [4.78, 5) is 24.4. The zero-order chi connectivity index (χ0) is 27.0. The highest BCUT2D eigenvalue weighted by Gasteiger charge is 2.52. The number of aromatic nitrogens is 1. The third kappa shape index (κ3) is 9.90. The molecule has 0 bridgehead atoms. The first-order valence-electron chi connectivity index (χ1n) is 11.2. The van der Waals surface area contributed by atoms with E-state index in [0.29, 0.717) is 5.92 Å². The highest BCUT2D eigenvalue weighted by Crippen LogP contribution is 2.42. The molecule has 3 fully saturated rings. The van der Waals surface area contributed by atoms with Crippen LogP contribution >= 0.6 is 0 Å². The van der Waals surface area contributed by atoms with Gasteiger partial charge in [0.15, 0.2) is 0 Å². The largest absolute Gasteiger partial charge is 0.490 e. The van der Waals surface area contributed by atoms with E-state index in [9.17, 15) is 26.3 Å². The Morgan fingerprint density at radius 1 is 1.03 bits per heavy atom. The summed E-state index contributed by atoms with van der Waals surface area (Å²) >= 11 is 0. The predicted molar refractivity (Wildman–Crippen MR) is 112 cm³/mol. The van der Waals surface area contributed by atoms with E-state index in [0.717, 1.165) is 51.8 Å². The van der Waals surface area contributed by atoms with Gasteiger partial charge in [0.25, 0.3) is 0 Å². The molecule has 1 spiro atoms. The summed E-state index contributed by atoms with van der Waals surface area (Å²) in [6.07, 6.45) is -1.31. The maximum Gasteiger partial charge on any atom is 0.490 e. The minimum Gasteiger partial charge on any atom is -0.475 e. The van der Waals surface area contributed by atoms with Crippen LogP contribution in [0.2, 0.25) is 0 Å². The Morgan fingerprint density at radius 3 is 2.03 bits per heavy atom. The molecule has 2 saturated heterocycles. The fraction of sp³-hybridized carbons (Fsp3) is 0.682. The molecule has 1 aromatic rings. The van der Waals surface area contributed by atoms with Crippen LogP contribution in [0.3, 0.4) is 0 Å². The van der Waals surface area contributed by atoms with Crippen molar-refractivity contribution in [1.29, 1.82) is 0 Å². The molecule has 1 aromatic heterocycles. The summed E-state index contributed by atoms with van der Waals surface area (Å²) in [7, 11) is 0. The molecule has 8 nitrogen and oxygen atoms in total. The van der Waals surface area contributed by atoms with E-state index in [1.807, 2.05) is 12.4 Å². The number of hydrogen-bond acceptors (Lipinski definition) is 6. The smallest absolute Gasteiger partial charge is 0.475 e. The Kier molecular flexibility index (Phi) is 10.5. The molecule has 0 radical (unpaired) electrons. The van der Waals surface area contributed by atoms with Gasteiger partial charge in [-0.05, 0) is 55.2 Å². The Morgan fingerprint density at radius 2 is 1.56 bits per heavy atom. The van der Waals surface area contributed by atoms with E-state index in [4.69, 9.17) is 29.3 Å². The fourth-order valence-electron chi connectivity index (χ4n) is 3.87. The van der Waals surface area contributed by atoms with Crippen molar-refractivity contribution in [2.24, 2.45) is 11.8 Å². The lowest BCUT2D eigenvalue weighted by Crippen LogP contribution is -2.64. The second-order valence-corrected chi connectivity index (χ2v) is 8.81. The Labute approximate surface area is 203 Å². The minimum absolute atomic E-state index is 0.121. The maximum atomic E-state index is 10.6. The Bertz CT molecular complexity index is 818. The van der Waals surface area contributed by atoms with Crippen LogP contribution in [-0.4, -0.2) is 82.9 Å². The number of alkyl halides is 6. The molecule has 3 aliphatic rings. The third-order valence-corrected chi connectivity index (χ3v) is 5.88. The van der Waals surface area contributed by atoms with Gasteiger partial charge in [-0.1, -0.05) is 0 Å².